The average Bonchev–Trinajstić information content (AvgIpc) is 2.17. The molecule has 80 valence electrons. The van der Waals surface area contributed by atoms with Gasteiger partial charge in [-0.25, -0.2) is 0 Å². The van der Waals surface area contributed by atoms with E-state index in [1.165, 1.54) is 11.1 Å². The van der Waals surface area contributed by atoms with Crippen LogP contribution in [0.3, 0.4) is 0 Å². The zero-order chi connectivity index (χ0) is 11.3. The number of hydrogen-bond acceptors (Lipinski definition) is 1. The van der Waals surface area contributed by atoms with Crippen LogP contribution in [0.5, 0.6) is 0 Å². The lowest BCUT2D eigenvalue weighted by atomic mass is 10.1. The van der Waals surface area contributed by atoms with Crippen LogP contribution in [0.4, 0.5) is 0 Å². The molecule has 0 spiro atoms. The number of aryl methyl sites for hydroxylation is 2. The van der Waals surface area contributed by atoms with Crippen LogP contribution in [0.15, 0.2) is 18.2 Å². The summed E-state index contributed by atoms with van der Waals surface area (Å²) in [5.41, 5.74) is 9.43. The van der Waals surface area contributed by atoms with Gasteiger partial charge in [-0.3, -0.25) is 0 Å². The molecule has 0 aromatic heterocycles. The summed E-state index contributed by atoms with van der Waals surface area (Å²) in [6, 6.07) is 6.31. The van der Waals surface area contributed by atoms with Gasteiger partial charge >= 0.3 is 0 Å². The lowest BCUT2D eigenvalue weighted by molar-refractivity contribution is 0.720. The Hall–Kier alpha value is -1.26. The molecular formula is C14H19N. The summed E-state index contributed by atoms with van der Waals surface area (Å²) in [6.07, 6.45) is 2.06. The predicted molar refractivity (Wildman–Crippen MR) is 65.7 cm³/mol. The third-order valence-electron chi connectivity index (χ3n) is 2.37. The van der Waals surface area contributed by atoms with Gasteiger partial charge in [0, 0.05) is 5.56 Å². The zero-order valence-corrected chi connectivity index (χ0v) is 9.80. The molecule has 15 heavy (non-hydrogen) atoms. The van der Waals surface area contributed by atoms with Crippen molar-refractivity contribution in [3.63, 3.8) is 0 Å². The van der Waals surface area contributed by atoms with E-state index in [0.717, 1.165) is 18.4 Å². The van der Waals surface area contributed by atoms with Crippen molar-refractivity contribution in [1.29, 1.82) is 0 Å². The molecule has 1 aromatic carbocycles. The average molecular weight is 201 g/mol. The lowest BCUT2D eigenvalue weighted by Gasteiger charge is -2.01. The van der Waals surface area contributed by atoms with Crippen molar-refractivity contribution in [3.8, 4) is 11.8 Å². The smallest absolute Gasteiger partial charge is 0.0668 e. The maximum atomic E-state index is 5.84. The molecule has 0 aliphatic rings. The van der Waals surface area contributed by atoms with E-state index in [1.54, 1.807) is 0 Å². The number of nitrogens with two attached hydrogens (primary N) is 1. The Morgan fingerprint density at radius 2 is 2.07 bits per heavy atom. The first kappa shape index (κ1) is 11.8. The third-order valence-corrected chi connectivity index (χ3v) is 2.37. The van der Waals surface area contributed by atoms with Crippen LogP contribution in [-0.2, 0) is 0 Å². The Bertz CT molecular complexity index is 382. The molecular weight excluding hydrogens is 182 g/mol. The molecule has 0 bridgehead atoms. The molecule has 1 heteroatoms. The maximum absolute atomic E-state index is 5.84. The molecule has 0 saturated carbocycles. The van der Waals surface area contributed by atoms with E-state index < -0.39 is 0 Å². The second-order valence-corrected chi connectivity index (χ2v) is 3.98. The van der Waals surface area contributed by atoms with Crippen molar-refractivity contribution in [3.05, 3.63) is 34.9 Å². The summed E-state index contributed by atoms with van der Waals surface area (Å²) in [4.78, 5) is 0. The van der Waals surface area contributed by atoms with Crippen molar-refractivity contribution >= 4 is 0 Å². The molecule has 1 aromatic rings. The second-order valence-electron chi connectivity index (χ2n) is 3.98. The predicted octanol–water partition coefficient (Wildman–Crippen LogP) is 2.78. The molecule has 2 N–H and O–H groups in total. The fraction of sp³-hybridized carbons (Fsp3) is 0.429. The van der Waals surface area contributed by atoms with Gasteiger partial charge in [0.1, 0.15) is 0 Å². The Morgan fingerprint density at radius 1 is 1.33 bits per heavy atom. The molecule has 0 saturated heterocycles. The highest BCUT2D eigenvalue weighted by molar-refractivity contribution is 5.43. The van der Waals surface area contributed by atoms with E-state index >= 15 is 0 Å². The number of rotatable bonds is 2. The molecule has 0 aliphatic heterocycles. The third kappa shape index (κ3) is 3.77. The van der Waals surface area contributed by atoms with Crippen molar-refractivity contribution < 1.29 is 0 Å². The van der Waals surface area contributed by atoms with E-state index in [4.69, 9.17) is 5.73 Å². The van der Waals surface area contributed by atoms with Crippen LogP contribution in [-0.4, -0.2) is 6.04 Å². The topological polar surface area (TPSA) is 26.0 Å². The van der Waals surface area contributed by atoms with Crippen molar-refractivity contribution in [2.75, 3.05) is 0 Å². The van der Waals surface area contributed by atoms with Gasteiger partial charge in [0.25, 0.3) is 0 Å². The van der Waals surface area contributed by atoms with E-state index in [0.29, 0.717) is 0 Å². The molecule has 0 fully saturated rings. The summed E-state index contributed by atoms with van der Waals surface area (Å²) < 4.78 is 0. The summed E-state index contributed by atoms with van der Waals surface area (Å²) in [7, 11) is 0. The number of hydrogen-bond donors (Lipinski definition) is 1. The van der Waals surface area contributed by atoms with Crippen LogP contribution < -0.4 is 5.73 Å². The van der Waals surface area contributed by atoms with Gasteiger partial charge in [0.15, 0.2) is 0 Å². The van der Waals surface area contributed by atoms with Gasteiger partial charge in [0.2, 0.25) is 0 Å². The minimum Gasteiger partial charge on any atom is -0.318 e. The molecule has 1 rings (SSSR count). The van der Waals surface area contributed by atoms with Crippen LogP contribution in [0, 0.1) is 25.7 Å². The highest BCUT2D eigenvalue weighted by Crippen LogP contribution is 2.08. The highest BCUT2D eigenvalue weighted by Gasteiger charge is 1.96. The minimum atomic E-state index is 0.00991. The normalized spacial score (nSPS) is 11.7. The molecule has 0 amide bonds. The monoisotopic (exact) mass is 201 g/mol. The van der Waals surface area contributed by atoms with E-state index in [2.05, 4.69) is 50.8 Å². The molecule has 1 nitrogen and oxygen atoms in total. The van der Waals surface area contributed by atoms with Crippen LogP contribution in [0.25, 0.3) is 0 Å². The Balaban J connectivity index is 2.80. The minimum absolute atomic E-state index is 0.00991. The quantitative estimate of drug-likeness (QED) is 0.732. The Kier molecular flexibility index (Phi) is 4.39. The first-order chi connectivity index (χ1) is 7.13. The van der Waals surface area contributed by atoms with Gasteiger partial charge in [-0.05, 0) is 31.9 Å². The SMILES string of the molecule is CCCC(N)C#Cc1ccc(C)cc1C. The molecule has 0 radical (unpaired) electrons. The standard InChI is InChI=1S/C14H19N/c1-4-5-14(15)9-8-13-7-6-11(2)10-12(13)3/h6-7,10,14H,4-5,15H2,1-3H3. The maximum Gasteiger partial charge on any atom is 0.0668 e. The lowest BCUT2D eigenvalue weighted by Crippen LogP contribution is -2.16. The Labute approximate surface area is 92.7 Å². The highest BCUT2D eigenvalue weighted by atomic mass is 14.6. The summed E-state index contributed by atoms with van der Waals surface area (Å²) in [6.45, 7) is 6.30. The van der Waals surface area contributed by atoms with Gasteiger partial charge in [0.05, 0.1) is 6.04 Å². The summed E-state index contributed by atoms with van der Waals surface area (Å²) >= 11 is 0. The van der Waals surface area contributed by atoms with Gasteiger partial charge < -0.3 is 5.73 Å². The molecule has 0 aliphatic carbocycles. The summed E-state index contributed by atoms with van der Waals surface area (Å²) in [5.74, 6) is 6.24. The fourth-order valence-corrected chi connectivity index (χ4v) is 1.51. The second kappa shape index (κ2) is 5.58. The van der Waals surface area contributed by atoms with Crippen LogP contribution in [0.1, 0.15) is 36.5 Å². The van der Waals surface area contributed by atoms with E-state index in [-0.39, 0.29) is 6.04 Å². The Morgan fingerprint density at radius 3 is 2.67 bits per heavy atom. The molecule has 1 atom stereocenters. The first-order valence-corrected chi connectivity index (χ1v) is 5.48. The van der Waals surface area contributed by atoms with Gasteiger partial charge in [-0.1, -0.05) is 42.9 Å². The van der Waals surface area contributed by atoms with E-state index in [9.17, 15) is 0 Å². The largest absolute Gasteiger partial charge is 0.318 e. The molecule has 1 unspecified atom stereocenters. The molecule has 0 heterocycles. The first-order valence-electron chi connectivity index (χ1n) is 5.48. The van der Waals surface area contributed by atoms with Crippen molar-refractivity contribution in [2.24, 2.45) is 5.73 Å². The van der Waals surface area contributed by atoms with Crippen molar-refractivity contribution in [1.82, 2.24) is 0 Å². The zero-order valence-electron chi connectivity index (χ0n) is 9.80. The summed E-state index contributed by atoms with van der Waals surface area (Å²) in [5, 5.41) is 0. The van der Waals surface area contributed by atoms with Crippen molar-refractivity contribution in [2.45, 2.75) is 39.7 Å². The number of benzene rings is 1. The van der Waals surface area contributed by atoms with E-state index in [1.807, 2.05) is 0 Å². The van der Waals surface area contributed by atoms with Gasteiger partial charge in [-0.15, -0.1) is 0 Å². The fourth-order valence-electron chi connectivity index (χ4n) is 1.51. The van der Waals surface area contributed by atoms with Crippen LogP contribution >= 0.6 is 0 Å². The van der Waals surface area contributed by atoms with Gasteiger partial charge in [-0.2, -0.15) is 0 Å². The van der Waals surface area contributed by atoms with Crippen LogP contribution in [0.2, 0.25) is 0 Å².